The maximum Gasteiger partial charge on any atom is 0.258 e. The van der Waals surface area contributed by atoms with Crippen molar-refractivity contribution in [3.63, 3.8) is 0 Å². The van der Waals surface area contributed by atoms with Crippen molar-refractivity contribution >= 4 is 28.6 Å². The van der Waals surface area contributed by atoms with Crippen LogP contribution in [0.2, 0.25) is 0 Å². The molecule has 1 N–H and O–H groups in total. The average Bonchev–Trinajstić information content (AvgIpc) is 3.38. The van der Waals surface area contributed by atoms with Gasteiger partial charge >= 0.3 is 0 Å². The van der Waals surface area contributed by atoms with Crippen LogP contribution in [0.5, 0.6) is 0 Å². The second-order valence-corrected chi connectivity index (χ2v) is 9.35. The number of hydrogen-bond donors (Lipinski definition) is 1. The molecule has 6 rings (SSSR count). The Bertz CT molecular complexity index is 1340. The smallest absolute Gasteiger partial charge is 0.258 e. The van der Waals surface area contributed by atoms with E-state index in [-0.39, 0.29) is 11.9 Å². The summed E-state index contributed by atoms with van der Waals surface area (Å²) in [6, 6.07) is 9.29. The molecule has 2 aliphatic heterocycles. The fourth-order valence-electron chi connectivity index (χ4n) is 4.84. The van der Waals surface area contributed by atoms with Crippen LogP contribution in [0.25, 0.3) is 22.2 Å². The molecule has 1 aromatic carbocycles. The molecule has 34 heavy (non-hydrogen) atoms. The Morgan fingerprint density at radius 2 is 1.94 bits per heavy atom. The fraction of sp³-hybridized carbons (Fsp3) is 0.320. The van der Waals surface area contributed by atoms with Crippen LogP contribution in [-0.4, -0.2) is 64.0 Å². The number of carbonyl (C=O) groups excluding carboxylic acids is 1. The molecule has 0 aliphatic carbocycles. The number of aromatic nitrogens is 4. The van der Waals surface area contributed by atoms with Crippen molar-refractivity contribution in [1.29, 1.82) is 0 Å². The number of fused-ring (bicyclic) bond motifs is 1. The molecule has 172 valence electrons. The third-order valence-corrected chi connectivity index (χ3v) is 6.96. The molecule has 4 aromatic rings. The molecule has 2 saturated heterocycles. The number of piperidine rings is 1. The van der Waals surface area contributed by atoms with Gasteiger partial charge in [-0.05, 0) is 51.2 Å². The molecule has 2 aliphatic rings. The number of benzene rings is 1. The molecular formula is C25H25N7O2. The summed E-state index contributed by atoms with van der Waals surface area (Å²) in [4.78, 5) is 34.9. The third-order valence-electron chi connectivity index (χ3n) is 6.96. The fourth-order valence-corrected chi connectivity index (χ4v) is 4.84. The zero-order valence-corrected chi connectivity index (χ0v) is 18.9. The van der Waals surface area contributed by atoms with E-state index in [0.29, 0.717) is 22.3 Å². The van der Waals surface area contributed by atoms with E-state index in [4.69, 9.17) is 4.42 Å². The Morgan fingerprint density at radius 1 is 1.09 bits per heavy atom. The minimum atomic E-state index is -0.260. The number of nitrogens with one attached hydrogen (secondary N) is 1. The quantitative estimate of drug-likeness (QED) is 0.499. The normalized spacial score (nSPS) is 17.6. The molecule has 0 bridgehead atoms. The van der Waals surface area contributed by atoms with Crippen LogP contribution >= 0.6 is 0 Å². The predicted molar refractivity (Wildman–Crippen MR) is 129 cm³/mol. The standard InChI is InChI=1S/C25H25N7O2/c1-31-8-5-25(6-9-31)14-32(15-25)22-11-18(4-7-27-22)23(33)30-24-28-12-19-3-2-17(10-20(19)29-24)21-13-26-16-34-21/h2-4,7,10-13,16H,5-6,8-9,14-15H2,1H3,(H,28,29,30,33). The van der Waals surface area contributed by atoms with Crippen LogP contribution in [0.3, 0.4) is 0 Å². The SMILES string of the molecule is CN1CCC2(CC1)CN(c1cc(C(=O)Nc3ncc4ccc(-c5cnco5)cc4n3)ccn1)C2. The largest absolute Gasteiger partial charge is 0.444 e. The minimum Gasteiger partial charge on any atom is -0.444 e. The van der Waals surface area contributed by atoms with Gasteiger partial charge in [0, 0.05) is 47.4 Å². The monoisotopic (exact) mass is 455 g/mol. The lowest BCUT2D eigenvalue weighted by Gasteiger charge is -2.54. The number of hydrogen-bond acceptors (Lipinski definition) is 8. The highest BCUT2D eigenvalue weighted by Gasteiger charge is 2.44. The summed E-state index contributed by atoms with van der Waals surface area (Å²) in [5.74, 6) is 1.49. The molecule has 3 aromatic heterocycles. The van der Waals surface area contributed by atoms with Crippen LogP contribution in [0.4, 0.5) is 11.8 Å². The van der Waals surface area contributed by atoms with Gasteiger partial charge < -0.3 is 14.2 Å². The molecule has 1 amide bonds. The van der Waals surface area contributed by atoms with Crippen molar-refractivity contribution in [2.75, 3.05) is 43.4 Å². The number of nitrogens with zero attached hydrogens (tertiary/aromatic N) is 6. The van der Waals surface area contributed by atoms with Crippen molar-refractivity contribution in [3.8, 4) is 11.3 Å². The second kappa shape index (κ2) is 8.18. The zero-order chi connectivity index (χ0) is 23.1. The number of amides is 1. The predicted octanol–water partition coefficient (Wildman–Crippen LogP) is 3.46. The molecule has 0 unspecified atom stereocenters. The molecule has 0 atom stereocenters. The number of carbonyl (C=O) groups is 1. The van der Waals surface area contributed by atoms with Crippen molar-refractivity contribution < 1.29 is 9.21 Å². The van der Waals surface area contributed by atoms with E-state index in [0.717, 1.165) is 42.9 Å². The first-order chi connectivity index (χ1) is 16.6. The number of rotatable bonds is 4. The van der Waals surface area contributed by atoms with E-state index >= 15 is 0 Å². The van der Waals surface area contributed by atoms with Gasteiger partial charge in [0.15, 0.2) is 12.2 Å². The molecule has 0 saturated carbocycles. The molecule has 9 nitrogen and oxygen atoms in total. The van der Waals surface area contributed by atoms with Crippen molar-refractivity contribution in [2.24, 2.45) is 5.41 Å². The van der Waals surface area contributed by atoms with Gasteiger partial charge in [-0.1, -0.05) is 12.1 Å². The lowest BCUT2D eigenvalue weighted by Crippen LogP contribution is -2.60. The number of likely N-dealkylation sites (tertiary alicyclic amines) is 1. The van der Waals surface area contributed by atoms with Crippen LogP contribution in [0.1, 0.15) is 23.2 Å². The van der Waals surface area contributed by atoms with Crippen molar-refractivity contribution in [2.45, 2.75) is 12.8 Å². The number of pyridine rings is 1. The molecular weight excluding hydrogens is 430 g/mol. The molecule has 5 heterocycles. The van der Waals surface area contributed by atoms with E-state index in [1.54, 1.807) is 24.7 Å². The Hall–Kier alpha value is -3.85. The second-order valence-electron chi connectivity index (χ2n) is 9.35. The van der Waals surface area contributed by atoms with Crippen molar-refractivity contribution in [3.05, 3.63) is 60.9 Å². The molecule has 0 radical (unpaired) electrons. The van der Waals surface area contributed by atoms with Gasteiger partial charge in [-0.3, -0.25) is 10.1 Å². The van der Waals surface area contributed by atoms with E-state index in [1.807, 2.05) is 24.3 Å². The summed E-state index contributed by atoms with van der Waals surface area (Å²) >= 11 is 0. The highest BCUT2D eigenvalue weighted by molar-refractivity contribution is 6.04. The lowest BCUT2D eigenvalue weighted by atomic mass is 9.72. The maximum atomic E-state index is 13.0. The molecule has 1 spiro atoms. The summed E-state index contributed by atoms with van der Waals surface area (Å²) in [7, 11) is 2.18. The summed E-state index contributed by atoms with van der Waals surface area (Å²) in [5, 5.41) is 3.69. The first-order valence-electron chi connectivity index (χ1n) is 11.4. The molecule has 2 fully saturated rings. The minimum absolute atomic E-state index is 0.250. The average molecular weight is 456 g/mol. The van der Waals surface area contributed by atoms with Crippen LogP contribution in [0, 0.1) is 5.41 Å². The zero-order valence-electron chi connectivity index (χ0n) is 18.9. The van der Waals surface area contributed by atoms with Gasteiger partial charge in [0.2, 0.25) is 5.95 Å². The van der Waals surface area contributed by atoms with Crippen LogP contribution < -0.4 is 10.2 Å². The Balaban J connectivity index is 1.16. The highest BCUT2D eigenvalue weighted by Crippen LogP contribution is 2.41. The molecule has 9 heteroatoms. The highest BCUT2D eigenvalue weighted by atomic mass is 16.3. The lowest BCUT2D eigenvalue weighted by molar-refractivity contribution is 0.0900. The Labute approximate surface area is 196 Å². The van der Waals surface area contributed by atoms with Crippen LogP contribution in [0.15, 0.2) is 59.7 Å². The number of anilines is 2. The van der Waals surface area contributed by atoms with Gasteiger partial charge in [0.05, 0.1) is 11.7 Å². The first kappa shape index (κ1) is 20.7. The summed E-state index contributed by atoms with van der Waals surface area (Å²) < 4.78 is 5.37. The van der Waals surface area contributed by atoms with E-state index in [2.05, 4.69) is 42.1 Å². The maximum absolute atomic E-state index is 13.0. The van der Waals surface area contributed by atoms with Gasteiger partial charge in [-0.25, -0.2) is 19.9 Å². The van der Waals surface area contributed by atoms with E-state index < -0.39 is 0 Å². The van der Waals surface area contributed by atoms with E-state index in [1.165, 1.54) is 19.2 Å². The van der Waals surface area contributed by atoms with Crippen LogP contribution in [-0.2, 0) is 0 Å². The Morgan fingerprint density at radius 3 is 2.74 bits per heavy atom. The third kappa shape index (κ3) is 3.88. The summed E-state index contributed by atoms with van der Waals surface area (Å²) in [5.41, 5.74) is 2.50. The van der Waals surface area contributed by atoms with Gasteiger partial charge in [-0.2, -0.15) is 0 Å². The van der Waals surface area contributed by atoms with Gasteiger partial charge in [0.25, 0.3) is 5.91 Å². The number of oxazole rings is 1. The first-order valence-corrected chi connectivity index (χ1v) is 11.4. The van der Waals surface area contributed by atoms with E-state index in [9.17, 15) is 4.79 Å². The van der Waals surface area contributed by atoms with Crippen molar-refractivity contribution in [1.82, 2.24) is 24.8 Å². The van der Waals surface area contributed by atoms with Gasteiger partial charge in [0.1, 0.15) is 5.82 Å². The summed E-state index contributed by atoms with van der Waals surface area (Å²) in [6.07, 6.45) is 8.87. The Kier molecular flexibility index (Phi) is 4.99. The summed E-state index contributed by atoms with van der Waals surface area (Å²) in [6.45, 7) is 4.30. The topological polar surface area (TPSA) is 100 Å². The van der Waals surface area contributed by atoms with Gasteiger partial charge in [-0.15, -0.1) is 0 Å².